The van der Waals surface area contributed by atoms with Gasteiger partial charge in [0.2, 0.25) is 15.9 Å². The molecule has 1 aliphatic rings. The number of hydrogen-bond donors (Lipinski definition) is 2. The first-order valence-electron chi connectivity index (χ1n) is 7.62. The molecule has 136 valence electrons. The van der Waals surface area contributed by atoms with E-state index in [2.05, 4.69) is 5.32 Å². The molecule has 1 aromatic rings. The van der Waals surface area contributed by atoms with Gasteiger partial charge in [-0.3, -0.25) is 4.79 Å². The molecule has 1 aliphatic heterocycles. The van der Waals surface area contributed by atoms with E-state index in [9.17, 15) is 13.2 Å². The number of nitrogens with one attached hydrogen (secondary N) is 1. The molecule has 1 fully saturated rings. The van der Waals surface area contributed by atoms with Gasteiger partial charge in [0, 0.05) is 32.6 Å². The number of benzene rings is 1. The predicted molar refractivity (Wildman–Crippen MR) is 94.2 cm³/mol. The van der Waals surface area contributed by atoms with Crippen LogP contribution in [0.15, 0.2) is 24.3 Å². The lowest BCUT2D eigenvalue weighted by Gasteiger charge is -2.26. The van der Waals surface area contributed by atoms with Crippen LogP contribution in [0.2, 0.25) is 0 Å². The van der Waals surface area contributed by atoms with Gasteiger partial charge in [0.05, 0.1) is 19.0 Å². The van der Waals surface area contributed by atoms with Gasteiger partial charge in [0.1, 0.15) is 0 Å². The molecular weight excluding hydrogens is 354 g/mol. The lowest BCUT2D eigenvalue weighted by molar-refractivity contribution is -0.121. The Balaban J connectivity index is 0.00000288. The highest BCUT2D eigenvalue weighted by atomic mass is 35.5. The lowest BCUT2D eigenvalue weighted by Crippen LogP contribution is -2.41. The number of sulfonamides is 1. The van der Waals surface area contributed by atoms with E-state index < -0.39 is 10.0 Å². The molecule has 9 heteroatoms. The van der Waals surface area contributed by atoms with Crippen molar-refractivity contribution in [1.82, 2.24) is 9.62 Å². The first kappa shape index (κ1) is 20.9. The van der Waals surface area contributed by atoms with Crippen LogP contribution < -0.4 is 11.1 Å². The highest BCUT2D eigenvalue weighted by Gasteiger charge is 2.25. The molecule has 24 heavy (non-hydrogen) atoms. The van der Waals surface area contributed by atoms with E-state index in [0.29, 0.717) is 45.0 Å². The normalized spacial score (nSPS) is 15.5. The van der Waals surface area contributed by atoms with Crippen LogP contribution in [0.25, 0.3) is 0 Å². The summed E-state index contributed by atoms with van der Waals surface area (Å²) in [5, 5.41) is 2.76. The molecule has 0 radical (unpaired) electrons. The molecule has 3 N–H and O–H groups in total. The average Bonchev–Trinajstić information content (AvgIpc) is 2.55. The van der Waals surface area contributed by atoms with Crippen molar-refractivity contribution >= 4 is 28.3 Å². The third-order valence-corrected chi connectivity index (χ3v) is 5.49. The van der Waals surface area contributed by atoms with Gasteiger partial charge in [-0.1, -0.05) is 24.3 Å². The number of amides is 1. The van der Waals surface area contributed by atoms with Crippen LogP contribution in [0.1, 0.15) is 17.5 Å². The predicted octanol–water partition coefficient (Wildman–Crippen LogP) is 0.235. The molecule has 0 aromatic heterocycles. The fourth-order valence-electron chi connectivity index (χ4n) is 2.40. The van der Waals surface area contributed by atoms with Crippen molar-refractivity contribution in [3.05, 3.63) is 35.4 Å². The Labute approximate surface area is 149 Å². The van der Waals surface area contributed by atoms with Crippen LogP contribution in [0.3, 0.4) is 0 Å². The van der Waals surface area contributed by atoms with Crippen molar-refractivity contribution in [2.75, 3.05) is 32.8 Å². The maximum Gasteiger partial charge on any atom is 0.221 e. The fourth-order valence-corrected chi connectivity index (χ4v) is 3.96. The smallest absolute Gasteiger partial charge is 0.221 e. The van der Waals surface area contributed by atoms with Gasteiger partial charge in [-0.2, -0.15) is 4.31 Å². The Morgan fingerprint density at radius 1 is 1.21 bits per heavy atom. The number of nitrogens with two attached hydrogens (primary N) is 1. The number of carbonyl (C=O) groups is 1. The van der Waals surface area contributed by atoms with Crippen LogP contribution in [-0.4, -0.2) is 51.5 Å². The zero-order chi connectivity index (χ0) is 16.7. The lowest BCUT2D eigenvalue weighted by atomic mass is 10.1. The van der Waals surface area contributed by atoms with E-state index in [4.69, 9.17) is 10.5 Å². The van der Waals surface area contributed by atoms with Crippen molar-refractivity contribution in [1.29, 1.82) is 0 Å². The van der Waals surface area contributed by atoms with Gasteiger partial charge in [0.15, 0.2) is 0 Å². The summed E-state index contributed by atoms with van der Waals surface area (Å²) in [6, 6.07) is 7.24. The van der Waals surface area contributed by atoms with E-state index in [1.54, 1.807) is 12.1 Å². The summed E-state index contributed by atoms with van der Waals surface area (Å²) in [5.74, 6) is -0.214. The minimum absolute atomic E-state index is 0. The Morgan fingerprint density at radius 2 is 1.83 bits per heavy atom. The van der Waals surface area contributed by atoms with Crippen molar-refractivity contribution < 1.29 is 17.9 Å². The number of hydrogen-bond acceptors (Lipinski definition) is 5. The van der Waals surface area contributed by atoms with Crippen LogP contribution in [-0.2, 0) is 31.9 Å². The van der Waals surface area contributed by atoms with Crippen molar-refractivity contribution in [3.63, 3.8) is 0 Å². The van der Waals surface area contributed by atoms with Crippen molar-refractivity contribution in [2.45, 2.75) is 18.7 Å². The summed E-state index contributed by atoms with van der Waals surface area (Å²) in [6.45, 7) is 2.22. The van der Waals surface area contributed by atoms with E-state index in [1.165, 1.54) is 4.31 Å². The second-order valence-corrected chi connectivity index (χ2v) is 7.32. The number of carbonyl (C=O) groups excluding carboxylic acids is 1. The van der Waals surface area contributed by atoms with Gasteiger partial charge in [0.25, 0.3) is 0 Å². The molecule has 0 bridgehead atoms. The summed E-state index contributed by atoms with van der Waals surface area (Å²) in [4.78, 5) is 11.5. The Hall–Kier alpha value is -1.19. The molecule has 0 atom stereocenters. The molecule has 1 aromatic carbocycles. The second kappa shape index (κ2) is 9.95. The van der Waals surface area contributed by atoms with Crippen molar-refractivity contribution in [2.24, 2.45) is 5.73 Å². The first-order valence-corrected chi connectivity index (χ1v) is 9.23. The van der Waals surface area contributed by atoms with Gasteiger partial charge < -0.3 is 15.8 Å². The topological polar surface area (TPSA) is 102 Å². The zero-order valence-corrected chi connectivity index (χ0v) is 15.1. The van der Waals surface area contributed by atoms with Crippen LogP contribution in [0.4, 0.5) is 0 Å². The molecule has 0 aliphatic carbocycles. The SMILES string of the molecule is Cl.NCCC(=O)NCc1ccccc1CS(=O)(=O)N1CCOCC1. The zero-order valence-electron chi connectivity index (χ0n) is 13.4. The first-order chi connectivity index (χ1) is 11.0. The number of nitrogens with zero attached hydrogens (tertiary/aromatic N) is 1. The maximum absolute atomic E-state index is 12.5. The molecule has 2 rings (SSSR count). The quantitative estimate of drug-likeness (QED) is 0.708. The van der Waals surface area contributed by atoms with Gasteiger partial charge in [-0.15, -0.1) is 12.4 Å². The number of rotatable bonds is 7. The molecule has 1 amide bonds. The fraction of sp³-hybridized carbons (Fsp3) is 0.533. The minimum atomic E-state index is -3.39. The number of morpholine rings is 1. The van der Waals surface area contributed by atoms with Gasteiger partial charge in [-0.05, 0) is 11.1 Å². The van der Waals surface area contributed by atoms with E-state index in [-0.39, 0.29) is 30.5 Å². The van der Waals surface area contributed by atoms with E-state index in [0.717, 1.165) is 5.56 Å². The Morgan fingerprint density at radius 3 is 2.46 bits per heavy atom. The second-order valence-electron chi connectivity index (χ2n) is 5.35. The highest BCUT2D eigenvalue weighted by molar-refractivity contribution is 7.88. The third kappa shape index (κ3) is 6.03. The summed E-state index contributed by atoms with van der Waals surface area (Å²) < 4.78 is 31.7. The Bertz CT molecular complexity index is 633. The highest BCUT2D eigenvalue weighted by Crippen LogP contribution is 2.16. The Kier molecular flexibility index (Phi) is 8.65. The molecule has 0 saturated carbocycles. The summed E-state index contributed by atoms with van der Waals surface area (Å²) in [7, 11) is -3.39. The molecule has 1 heterocycles. The third-order valence-electron chi connectivity index (χ3n) is 3.67. The van der Waals surface area contributed by atoms with Crippen LogP contribution in [0, 0.1) is 0 Å². The standard InChI is InChI=1S/C15H23N3O4S.ClH/c16-6-5-15(19)17-11-13-3-1-2-4-14(13)12-23(20,21)18-7-9-22-10-8-18;/h1-4H,5-12,16H2,(H,17,19);1H. The van der Waals surface area contributed by atoms with Crippen LogP contribution >= 0.6 is 12.4 Å². The largest absolute Gasteiger partial charge is 0.379 e. The number of halogens is 1. The molecule has 0 spiro atoms. The molecule has 7 nitrogen and oxygen atoms in total. The summed E-state index contributed by atoms with van der Waals surface area (Å²) in [6.07, 6.45) is 0.258. The molecule has 1 saturated heterocycles. The summed E-state index contributed by atoms with van der Waals surface area (Å²) >= 11 is 0. The molecule has 0 unspecified atom stereocenters. The van der Waals surface area contributed by atoms with Crippen LogP contribution in [0.5, 0.6) is 0 Å². The molecular formula is C15H24ClN3O4S. The maximum atomic E-state index is 12.5. The monoisotopic (exact) mass is 377 g/mol. The minimum Gasteiger partial charge on any atom is -0.379 e. The van der Waals surface area contributed by atoms with Gasteiger partial charge in [-0.25, -0.2) is 8.42 Å². The van der Waals surface area contributed by atoms with Gasteiger partial charge >= 0.3 is 0 Å². The van der Waals surface area contributed by atoms with E-state index in [1.807, 2.05) is 12.1 Å². The number of ether oxygens (including phenoxy) is 1. The summed E-state index contributed by atoms with van der Waals surface area (Å²) in [5.41, 5.74) is 6.84. The van der Waals surface area contributed by atoms with E-state index >= 15 is 0 Å². The van der Waals surface area contributed by atoms with Crippen molar-refractivity contribution in [3.8, 4) is 0 Å². The average molecular weight is 378 g/mol.